The maximum atomic E-state index is 12.8. The van der Waals surface area contributed by atoms with Gasteiger partial charge in [-0.1, -0.05) is 216 Å². The van der Waals surface area contributed by atoms with Gasteiger partial charge in [-0.15, -0.1) is 0 Å². The Labute approximate surface area is 426 Å². The van der Waals surface area contributed by atoms with Gasteiger partial charge in [0.1, 0.15) is 19.8 Å². The smallest absolute Gasteiger partial charge is 0.462 e. The fourth-order valence-electron chi connectivity index (χ4n) is 7.82. The fraction of sp³-hybridized carbons (Fsp3) is 0.797. The maximum absolute atomic E-state index is 12.8. The maximum Gasteiger partial charge on any atom is 0.472 e. The van der Waals surface area contributed by atoms with Gasteiger partial charge < -0.3 is 18.9 Å². The van der Waals surface area contributed by atoms with Gasteiger partial charge in [0, 0.05) is 12.8 Å². The van der Waals surface area contributed by atoms with E-state index >= 15 is 0 Å². The Morgan fingerprint density at radius 3 is 1.17 bits per heavy atom. The van der Waals surface area contributed by atoms with E-state index in [-0.39, 0.29) is 32.0 Å². The van der Waals surface area contributed by atoms with Crippen molar-refractivity contribution in [3.63, 3.8) is 0 Å². The van der Waals surface area contributed by atoms with Crippen LogP contribution in [0.15, 0.2) is 60.8 Å². The molecule has 0 saturated carbocycles. The van der Waals surface area contributed by atoms with Crippen LogP contribution < -0.4 is 0 Å². The average Bonchev–Trinajstić information content (AvgIpc) is 3.31. The molecule has 0 amide bonds. The second-order valence-electron chi connectivity index (χ2n) is 20.3. The highest BCUT2D eigenvalue weighted by Gasteiger charge is 2.27. The zero-order valence-corrected chi connectivity index (χ0v) is 46.4. The highest BCUT2D eigenvalue weighted by Crippen LogP contribution is 2.43. The van der Waals surface area contributed by atoms with Gasteiger partial charge in [-0.25, -0.2) is 4.57 Å². The van der Waals surface area contributed by atoms with Gasteiger partial charge in [-0.2, -0.15) is 0 Å². The molecule has 69 heavy (non-hydrogen) atoms. The first-order valence-electron chi connectivity index (χ1n) is 28.5. The van der Waals surface area contributed by atoms with Crippen molar-refractivity contribution in [2.45, 2.75) is 258 Å². The monoisotopic (exact) mass is 991 g/mol. The molecule has 0 bridgehead atoms. The lowest BCUT2D eigenvalue weighted by Crippen LogP contribution is -2.37. The minimum absolute atomic E-state index is 0.0284. The number of quaternary nitrogens is 1. The van der Waals surface area contributed by atoms with E-state index in [1.165, 1.54) is 148 Å². The fourth-order valence-corrected chi connectivity index (χ4v) is 8.56. The van der Waals surface area contributed by atoms with Crippen molar-refractivity contribution in [1.82, 2.24) is 0 Å². The molecule has 0 aliphatic heterocycles. The van der Waals surface area contributed by atoms with E-state index in [1.807, 2.05) is 21.1 Å². The summed E-state index contributed by atoms with van der Waals surface area (Å²) in [5.41, 5.74) is 0. The quantitative estimate of drug-likeness (QED) is 0.0211. The number of phosphoric acid groups is 1. The summed E-state index contributed by atoms with van der Waals surface area (Å²) in [6.45, 7) is 4.41. The number of carbonyl (C=O) groups is 2. The Hall–Kier alpha value is -2.29. The van der Waals surface area contributed by atoms with Gasteiger partial charge in [0.2, 0.25) is 0 Å². The summed E-state index contributed by atoms with van der Waals surface area (Å²) in [5.74, 6) is -0.804. The van der Waals surface area contributed by atoms with Gasteiger partial charge in [-0.3, -0.25) is 18.6 Å². The summed E-state index contributed by atoms with van der Waals surface area (Å²) in [4.78, 5) is 35.7. The molecule has 0 spiro atoms. The van der Waals surface area contributed by atoms with E-state index in [2.05, 4.69) is 74.6 Å². The Morgan fingerprint density at radius 1 is 0.449 bits per heavy atom. The minimum Gasteiger partial charge on any atom is -0.462 e. The van der Waals surface area contributed by atoms with Crippen LogP contribution >= 0.6 is 7.82 Å². The van der Waals surface area contributed by atoms with E-state index in [0.29, 0.717) is 17.4 Å². The second kappa shape index (κ2) is 50.6. The zero-order chi connectivity index (χ0) is 50.6. The molecular formula is C59H109NO8P+. The lowest BCUT2D eigenvalue weighted by molar-refractivity contribution is -0.870. The topological polar surface area (TPSA) is 108 Å². The number of likely N-dealkylation sites (N-methyl/N-ethyl adjacent to an activating group) is 1. The lowest BCUT2D eigenvalue weighted by Gasteiger charge is -2.24. The van der Waals surface area contributed by atoms with Crippen LogP contribution in [0.4, 0.5) is 0 Å². The first-order chi connectivity index (χ1) is 33.5. The number of hydrogen-bond acceptors (Lipinski definition) is 7. The highest BCUT2D eigenvalue weighted by molar-refractivity contribution is 7.47. The van der Waals surface area contributed by atoms with Crippen molar-refractivity contribution in [2.24, 2.45) is 0 Å². The second-order valence-corrected chi connectivity index (χ2v) is 21.8. The minimum atomic E-state index is -4.39. The van der Waals surface area contributed by atoms with Crippen molar-refractivity contribution >= 4 is 19.8 Å². The number of hydrogen-bond donors (Lipinski definition) is 1. The summed E-state index contributed by atoms with van der Waals surface area (Å²) in [7, 11) is 1.47. The molecule has 402 valence electrons. The lowest BCUT2D eigenvalue weighted by atomic mass is 10.0. The molecule has 0 saturated heterocycles. The molecular weight excluding hydrogens is 882 g/mol. The number of esters is 2. The van der Waals surface area contributed by atoms with Crippen molar-refractivity contribution < 1.29 is 42.1 Å². The molecule has 0 rings (SSSR count). The first kappa shape index (κ1) is 66.7. The average molecular weight is 991 g/mol. The van der Waals surface area contributed by atoms with Gasteiger partial charge in [0.15, 0.2) is 6.10 Å². The molecule has 0 aromatic carbocycles. The number of phosphoric ester groups is 1. The standard InChI is InChI=1S/C59H108NO8P/c1-6-8-10-12-14-16-18-20-22-24-26-27-28-29-30-31-32-33-34-36-38-40-42-44-46-48-50-52-59(62)68-57(56-67-69(63,64)66-54-53-60(3,4)5)55-65-58(61)51-49-47-45-43-41-39-37-35-25-23-21-19-17-15-13-11-9-7-2/h17-20,23-26,28-29,57H,6-16,21-22,27,30-56H2,1-5H3/p+1/b19-17-,20-18-,25-23-,26-24-,29-28-. The summed E-state index contributed by atoms with van der Waals surface area (Å²) < 4.78 is 34.5. The Kier molecular flexibility index (Phi) is 49.0. The molecule has 1 N–H and O–H groups in total. The van der Waals surface area contributed by atoms with E-state index < -0.39 is 26.5 Å². The molecule has 2 atom stereocenters. The van der Waals surface area contributed by atoms with Crippen LogP contribution in [0.1, 0.15) is 251 Å². The molecule has 0 aliphatic carbocycles. The van der Waals surface area contributed by atoms with Crippen LogP contribution in [-0.2, 0) is 32.7 Å². The van der Waals surface area contributed by atoms with Crippen LogP contribution in [-0.4, -0.2) is 74.9 Å². The molecule has 10 heteroatoms. The number of carbonyl (C=O) groups excluding carboxylic acids is 2. The SMILES string of the molecule is CCCCCC/C=C\C/C=C\CCCCCCCCCC(=O)OCC(COP(=O)(O)OCC[N+](C)(C)C)OC(=O)CCCCCCCCCCCCCC/C=C\C/C=C\C/C=C\CCCCCCC. The first-order valence-corrected chi connectivity index (χ1v) is 30.0. The van der Waals surface area contributed by atoms with Crippen molar-refractivity contribution in [3.8, 4) is 0 Å². The van der Waals surface area contributed by atoms with Gasteiger partial charge in [-0.05, 0) is 83.5 Å². The molecule has 0 aliphatic rings. The summed E-state index contributed by atoms with van der Waals surface area (Å²) in [5, 5.41) is 0. The van der Waals surface area contributed by atoms with Gasteiger partial charge in [0.05, 0.1) is 27.7 Å². The van der Waals surface area contributed by atoms with E-state index in [4.69, 9.17) is 18.5 Å². The Bertz CT molecular complexity index is 1350. The number of rotatable bonds is 52. The van der Waals surface area contributed by atoms with Crippen LogP contribution in [0.25, 0.3) is 0 Å². The molecule has 9 nitrogen and oxygen atoms in total. The van der Waals surface area contributed by atoms with E-state index in [1.54, 1.807) is 0 Å². The van der Waals surface area contributed by atoms with Crippen LogP contribution in [0, 0.1) is 0 Å². The molecule has 0 radical (unpaired) electrons. The highest BCUT2D eigenvalue weighted by atomic mass is 31.2. The molecule has 0 aromatic rings. The van der Waals surface area contributed by atoms with Gasteiger partial charge >= 0.3 is 19.8 Å². The molecule has 0 fully saturated rings. The van der Waals surface area contributed by atoms with Crippen LogP contribution in [0.3, 0.4) is 0 Å². The number of allylic oxidation sites excluding steroid dienone is 10. The molecule has 0 heterocycles. The zero-order valence-electron chi connectivity index (χ0n) is 45.5. The largest absolute Gasteiger partial charge is 0.472 e. The van der Waals surface area contributed by atoms with Crippen molar-refractivity contribution in [3.05, 3.63) is 60.8 Å². The third kappa shape index (κ3) is 54.9. The summed E-state index contributed by atoms with van der Waals surface area (Å²) in [6.07, 6.45) is 64.2. The number of ether oxygens (including phenoxy) is 2. The van der Waals surface area contributed by atoms with Crippen LogP contribution in [0.5, 0.6) is 0 Å². The molecule has 2 unspecified atom stereocenters. The predicted octanol–water partition coefficient (Wildman–Crippen LogP) is 17.5. The predicted molar refractivity (Wildman–Crippen MR) is 293 cm³/mol. The number of unbranched alkanes of at least 4 members (excludes halogenated alkanes) is 28. The van der Waals surface area contributed by atoms with Crippen molar-refractivity contribution in [2.75, 3.05) is 47.5 Å². The van der Waals surface area contributed by atoms with Gasteiger partial charge in [0.25, 0.3) is 0 Å². The van der Waals surface area contributed by atoms with E-state index in [0.717, 1.165) is 70.6 Å². The third-order valence-corrected chi connectivity index (χ3v) is 13.3. The summed E-state index contributed by atoms with van der Waals surface area (Å²) >= 11 is 0. The van der Waals surface area contributed by atoms with Crippen molar-refractivity contribution in [1.29, 1.82) is 0 Å². The Morgan fingerprint density at radius 2 is 0.783 bits per heavy atom. The normalized spacial score (nSPS) is 13.8. The van der Waals surface area contributed by atoms with E-state index in [9.17, 15) is 19.0 Å². The Balaban J connectivity index is 4.18. The van der Waals surface area contributed by atoms with Crippen LogP contribution in [0.2, 0.25) is 0 Å². The third-order valence-electron chi connectivity index (χ3n) is 12.3. The molecule has 0 aromatic heterocycles. The number of nitrogens with zero attached hydrogens (tertiary/aromatic N) is 1. The summed E-state index contributed by atoms with van der Waals surface area (Å²) in [6, 6.07) is 0.